The number of ether oxygens (including phenoxy) is 3. The molecule has 0 unspecified atom stereocenters. The molecule has 0 aliphatic carbocycles. The first kappa shape index (κ1) is 24.8. The molecule has 5 rings (SSSR count). The monoisotopic (exact) mass is 501 g/mol. The van der Waals surface area contributed by atoms with Crippen molar-refractivity contribution < 1.29 is 23.8 Å². The summed E-state index contributed by atoms with van der Waals surface area (Å²) in [5.74, 6) is 1.65. The Hall–Kier alpha value is -3.88. The van der Waals surface area contributed by atoms with Crippen LogP contribution in [-0.2, 0) is 0 Å². The van der Waals surface area contributed by atoms with Crippen molar-refractivity contribution in [2.24, 2.45) is 0 Å². The van der Waals surface area contributed by atoms with Crippen LogP contribution >= 0.6 is 0 Å². The fourth-order valence-electron chi connectivity index (χ4n) is 4.63. The van der Waals surface area contributed by atoms with Gasteiger partial charge < -0.3 is 24.0 Å². The van der Waals surface area contributed by atoms with Gasteiger partial charge in [0.2, 0.25) is 0 Å². The number of nitrogens with zero attached hydrogens (tertiary/aromatic N) is 2. The zero-order chi connectivity index (χ0) is 25.8. The SMILES string of the molecule is COc1cc(-c2ccccc2Oc2ccc3c(c2)C(=O)NC3=O)ccc1OCCCN1CCN(C)CC1. The highest BCUT2D eigenvalue weighted by molar-refractivity contribution is 6.21. The van der Waals surface area contributed by atoms with Crippen molar-refractivity contribution >= 4 is 11.8 Å². The lowest BCUT2D eigenvalue weighted by molar-refractivity contribution is 0.0879. The number of hydrogen-bond acceptors (Lipinski definition) is 7. The number of fused-ring (bicyclic) bond motifs is 1. The Bertz CT molecular complexity index is 1300. The number of carbonyl (C=O) groups is 2. The summed E-state index contributed by atoms with van der Waals surface area (Å²) in [5, 5.41) is 2.30. The van der Waals surface area contributed by atoms with Crippen molar-refractivity contribution in [2.45, 2.75) is 6.42 Å². The van der Waals surface area contributed by atoms with E-state index in [1.165, 1.54) is 0 Å². The third-order valence-electron chi connectivity index (χ3n) is 6.77. The molecule has 8 nitrogen and oxygen atoms in total. The molecule has 37 heavy (non-hydrogen) atoms. The lowest BCUT2D eigenvalue weighted by Crippen LogP contribution is -2.44. The number of methoxy groups -OCH3 is 1. The molecule has 0 radical (unpaired) electrons. The highest BCUT2D eigenvalue weighted by atomic mass is 16.5. The minimum absolute atomic E-state index is 0.316. The molecule has 1 saturated heterocycles. The van der Waals surface area contributed by atoms with Crippen LogP contribution in [0.15, 0.2) is 60.7 Å². The number of rotatable bonds is 9. The van der Waals surface area contributed by atoms with Crippen LogP contribution in [0.4, 0.5) is 0 Å². The summed E-state index contributed by atoms with van der Waals surface area (Å²) >= 11 is 0. The van der Waals surface area contributed by atoms with Gasteiger partial charge in [0.1, 0.15) is 11.5 Å². The van der Waals surface area contributed by atoms with E-state index < -0.39 is 5.91 Å². The second-order valence-electron chi connectivity index (χ2n) is 9.30. The molecule has 0 bridgehead atoms. The maximum absolute atomic E-state index is 12.0. The lowest BCUT2D eigenvalue weighted by Gasteiger charge is -2.32. The molecular weight excluding hydrogens is 470 g/mol. The average Bonchev–Trinajstić information content (AvgIpc) is 3.20. The van der Waals surface area contributed by atoms with Crippen LogP contribution in [0.1, 0.15) is 27.1 Å². The fourth-order valence-corrected chi connectivity index (χ4v) is 4.63. The van der Waals surface area contributed by atoms with Crippen molar-refractivity contribution in [3.05, 3.63) is 71.8 Å². The van der Waals surface area contributed by atoms with Gasteiger partial charge in [0.05, 0.1) is 24.8 Å². The number of hydrogen-bond donors (Lipinski definition) is 1. The van der Waals surface area contributed by atoms with Gasteiger partial charge in [-0.15, -0.1) is 0 Å². The Morgan fingerprint density at radius 2 is 1.59 bits per heavy atom. The van der Waals surface area contributed by atoms with Crippen LogP contribution < -0.4 is 19.5 Å². The third-order valence-corrected chi connectivity index (χ3v) is 6.77. The van der Waals surface area contributed by atoms with Crippen LogP contribution in [0.25, 0.3) is 11.1 Å². The molecule has 8 heteroatoms. The molecule has 192 valence electrons. The van der Waals surface area contributed by atoms with E-state index in [-0.39, 0.29) is 5.91 Å². The fraction of sp³-hybridized carbons (Fsp3) is 0.310. The molecule has 2 aliphatic rings. The topological polar surface area (TPSA) is 80.3 Å². The maximum atomic E-state index is 12.0. The third kappa shape index (κ3) is 5.60. The van der Waals surface area contributed by atoms with Crippen molar-refractivity contribution in [1.82, 2.24) is 15.1 Å². The first-order chi connectivity index (χ1) is 18.0. The molecule has 0 spiro atoms. The number of imide groups is 1. The van der Waals surface area contributed by atoms with E-state index in [1.54, 1.807) is 25.3 Å². The molecule has 2 aliphatic heterocycles. The summed E-state index contributed by atoms with van der Waals surface area (Å²) in [4.78, 5) is 28.7. The average molecular weight is 502 g/mol. The number of nitrogens with one attached hydrogen (secondary N) is 1. The Kier molecular flexibility index (Phi) is 7.39. The molecule has 3 aromatic carbocycles. The quantitative estimate of drug-likeness (QED) is 0.350. The number of para-hydroxylation sites is 1. The van der Waals surface area contributed by atoms with Crippen LogP contribution in [0.3, 0.4) is 0 Å². The smallest absolute Gasteiger partial charge is 0.259 e. The summed E-state index contributed by atoms with van der Waals surface area (Å²) in [6, 6.07) is 18.4. The Morgan fingerprint density at radius 3 is 2.41 bits per heavy atom. The second kappa shape index (κ2) is 11.0. The number of carbonyl (C=O) groups excluding carboxylic acids is 2. The molecule has 2 amide bonds. The van der Waals surface area contributed by atoms with E-state index in [0.717, 1.165) is 50.3 Å². The van der Waals surface area contributed by atoms with Gasteiger partial charge in [0.25, 0.3) is 11.8 Å². The van der Waals surface area contributed by atoms with Gasteiger partial charge in [-0.25, -0.2) is 0 Å². The zero-order valence-corrected chi connectivity index (χ0v) is 21.2. The van der Waals surface area contributed by atoms with Crippen LogP contribution in [0, 0.1) is 0 Å². The summed E-state index contributed by atoms with van der Waals surface area (Å²) in [6.45, 7) is 6.08. The van der Waals surface area contributed by atoms with Crippen molar-refractivity contribution in [3.63, 3.8) is 0 Å². The number of likely N-dealkylation sites (N-methyl/N-ethyl adjacent to an activating group) is 1. The van der Waals surface area contributed by atoms with E-state index in [0.29, 0.717) is 40.7 Å². The van der Waals surface area contributed by atoms with Crippen molar-refractivity contribution in [1.29, 1.82) is 0 Å². The van der Waals surface area contributed by atoms with Gasteiger partial charge in [0, 0.05) is 38.3 Å². The molecule has 0 atom stereocenters. The summed E-state index contributed by atoms with van der Waals surface area (Å²) in [6.07, 6.45) is 0.954. The summed E-state index contributed by atoms with van der Waals surface area (Å²) in [5.41, 5.74) is 2.44. The van der Waals surface area contributed by atoms with E-state index in [2.05, 4.69) is 22.2 Å². The van der Waals surface area contributed by atoms with E-state index >= 15 is 0 Å². The van der Waals surface area contributed by atoms with Crippen molar-refractivity contribution in [2.75, 3.05) is 53.5 Å². The molecule has 3 aromatic rings. The predicted octanol–water partition coefficient (Wildman–Crippen LogP) is 4.05. The minimum atomic E-state index is -0.414. The minimum Gasteiger partial charge on any atom is -0.493 e. The molecule has 0 saturated carbocycles. The van der Waals surface area contributed by atoms with Crippen LogP contribution in [-0.4, -0.2) is 75.1 Å². The lowest BCUT2D eigenvalue weighted by atomic mass is 10.0. The van der Waals surface area contributed by atoms with Gasteiger partial charge in [-0.3, -0.25) is 14.9 Å². The predicted molar refractivity (Wildman–Crippen MR) is 141 cm³/mol. The molecule has 1 fully saturated rings. The standard InChI is InChI=1S/C29H31N3O5/c1-31-13-15-32(16-14-31)12-5-17-36-26-11-8-20(18-27(26)35-2)22-6-3-4-7-25(22)37-21-9-10-23-24(19-21)29(34)30-28(23)33/h3-4,6-11,18-19H,5,12-17H2,1-2H3,(H,30,33,34). The van der Waals surface area contributed by atoms with E-state index in [9.17, 15) is 9.59 Å². The van der Waals surface area contributed by atoms with E-state index in [4.69, 9.17) is 14.2 Å². The summed E-state index contributed by atoms with van der Waals surface area (Å²) in [7, 11) is 3.80. The first-order valence-corrected chi connectivity index (χ1v) is 12.5. The molecule has 2 heterocycles. The first-order valence-electron chi connectivity index (χ1n) is 12.5. The van der Waals surface area contributed by atoms with Crippen LogP contribution in [0.2, 0.25) is 0 Å². The zero-order valence-electron chi connectivity index (χ0n) is 21.2. The normalized spacial score (nSPS) is 15.8. The Balaban J connectivity index is 1.27. The van der Waals surface area contributed by atoms with Gasteiger partial charge in [-0.05, 0) is 55.4 Å². The van der Waals surface area contributed by atoms with E-state index in [1.807, 2.05) is 42.5 Å². The number of amides is 2. The second-order valence-corrected chi connectivity index (χ2v) is 9.30. The van der Waals surface area contributed by atoms with Gasteiger partial charge in [0.15, 0.2) is 11.5 Å². The van der Waals surface area contributed by atoms with Crippen molar-refractivity contribution in [3.8, 4) is 34.1 Å². The van der Waals surface area contributed by atoms with Crippen LogP contribution in [0.5, 0.6) is 23.0 Å². The molecule has 1 N–H and O–H groups in total. The molecule has 0 aromatic heterocycles. The highest BCUT2D eigenvalue weighted by Gasteiger charge is 2.27. The number of piperazine rings is 1. The Labute approximate surface area is 216 Å². The summed E-state index contributed by atoms with van der Waals surface area (Å²) < 4.78 is 17.8. The largest absolute Gasteiger partial charge is 0.493 e. The number of benzene rings is 3. The maximum Gasteiger partial charge on any atom is 0.259 e. The molecular formula is C29H31N3O5. The van der Waals surface area contributed by atoms with Gasteiger partial charge >= 0.3 is 0 Å². The van der Waals surface area contributed by atoms with Gasteiger partial charge in [-0.1, -0.05) is 24.3 Å². The highest BCUT2D eigenvalue weighted by Crippen LogP contribution is 2.38. The van der Waals surface area contributed by atoms with Gasteiger partial charge in [-0.2, -0.15) is 0 Å². The Morgan fingerprint density at radius 1 is 0.811 bits per heavy atom.